The molecule has 0 aliphatic rings. The third-order valence-electron chi connectivity index (χ3n) is 2.56. The van der Waals surface area contributed by atoms with Crippen LogP contribution in [0.15, 0.2) is 23.6 Å². The topological polar surface area (TPSA) is 54.0 Å². The van der Waals surface area contributed by atoms with Crippen LogP contribution in [0.4, 0.5) is 5.69 Å². The molecule has 1 heterocycles. The van der Waals surface area contributed by atoms with Gasteiger partial charge in [-0.3, -0.25) is 4.79 Å². The molecule has 19 heavy (non-hydrogen) atoms. The lowest BCUT2D eigenvalue weighted by molar-refractivity contribution is 0.0951. The Bertz CT molecular complexity index is 597. The van der Waals surface area contributed by atoms with Crippen LogP contribution >= 0.6 is 22.9 Å². The van der Waals surface area contributed by atoms with Crippen LogP contribution < -0.4 is 10.6 Å². The van der Waals surface area contributed by atoms with Crippen molar-refractivity contribution in [2.75, 3.05) is 12.4 Å². The van der Waals surface area contributed by atoms with Crippen LogP contribution in [0.2, 0.25) is 5.02 Å². The van der Waals surface area contributed by atoms with Gasteiger partial charge in [0.25, 0.3) is 5.91 Å². The van der Waals surface area contributed by atoms with Gasteiger partial charge in [0.1, 0.15) is 5.01 Å². The van der Waals surface area contributed by atoms with Gasteiger partial charge in [0.2, 0.25) is 0 Å². The molecule has 0 atom stereocenters. The summed E-state index contributed by atoms with van der Waals surface area (Å²) in [5.41, 5.74) is 2.24. The highest BCUT2D eigenvalue weighted by atomic mass is 35.5. The number of anilines is 1. The van der Waals surface area contributed by atoms with Crippen molar-refractivity contribution in [3.05, 3.63) is 44.9 Å². The Kier molecular flexibility index (Phi) is 4.39. The van der Waals surface area contributed by atoms with Gasteiger partial charge in [-0.25, -0.2) is 4.98 Å². The molecule has 1 aromatic carbocycles. The van der Waals surface area contributed by atoms with E-state index in [4.69, 9.17) is 11.6 Å². The number of halogens is 1. The van der Waals surface area contributed by atoms with Crippen LogP contribution in [-0.2, 0) is 6.54 Å². The van der Waals surface area contributed by atoms with Crippen molar-refractivity contribution in [3.8, 4) is 0 Å². The first-order chi connectivity index (χ1) is 9.10. The molecule has 1 aromatic heterocycles. The first-order valence-electron chi connectivity index (χ1n) is 5.76. The first kappa shape index (κ1) is 13.8. The summed E-state index contributed by atoms with van der Waals surface area (Å²) in [6.45, 7) is 2.35. The maximum atomic E-state index is 12.1. The number of carbonyl (C=O) groups excluding carboxylic acids is 1. The number of nitrogens with zero attached hydrogens (tertiary/aromatic N) is 1. The highest BCUT2D eigenvalue weighted by Gasteiger charge is 2.11. The highest BCUT2D eigenvalue weighted by Crippen LogP contribution is 2.20. The lowest BCUT2D eigenvalue weighted by atomic mass is 10.1. The third-order valence-corrected chi connectivity index (χ3v) is 3.76. The number of amides is 1. The molecule has 0 aliphatic carbocycles. The Morgan fingerprint density at radius 3 is 2.89 bits per heavy atom. The Morgan fingerprint density at radius 2 is 2.26 bits per heavy atom. The van der Waals surface area contributed by atoms with Gasteiger partial charge in [0, 0.05) is 28.8 Å². The maximum Gasteiger partial charge on any atom is 0.253 e. The van der Waals surface area contributed by atoms with E-state index in [9.17, 15) is 4.79 Å². The molecule has 0 fully saturated rings. The Labute approximate surface area is 120 Å². The van der Waals surface area contributed by atoms with Crippen molar-refractivity contribution >= 4 is 34.5 Å². The Morgan fingerprint density at radius 1 is 1.47 bits per heavy atom. The van der Waals surface area contributed by atoms with Crippen molar-refractivity contribution in [2.24, 2.45) is 0 Å². The van der Waals surface area contributed by atoms with Crippen molar-refractivity contribution < 1.29 is 4.79 Å². The van der Waals surface area contributed by atoms with E-state index in [1.807, 2.05) is 12.3 Å². The number of nitrogens with one attached hydrogen (secondary N) is 2. The molecular formula is C13H14ClN3OS. The summed E-state index contributed by atoms with van der Waals surface area (Å²) in [5, 5.41) is 9.20. The van der Waals surface area contributed by atoms with Gasteiger partial charge >= 0.3 is 0 Å². The average molecular weight is 296 g/mol. The van der Waals surface area contributed by atoms with Crippen LogP contribution in [0.25, 0.3) is 0 Å². The number of aryl methyl sites for hydroxylation is 1. The fraction of sp³-hybridized carbons (Fsp3) is 0.231. The zero-order chi connectivity index (χ0) is 13.8. The van der Waals surface area contributed by atoms with E-state index >= 15 is 0 Å². The number of benzene rings is 1. The minimum Gasteiger partial charge on any atom is -0.387 e. The summed E-state index contributed by atoms with van der Waals surface area (Å²) >= 11 is 7.45. The van der Waals surface area contributed by atoms with Gasteiger partial charge in [-0.1, -0.05) is 11.6 Å². The molecule has 2 aromatic rings. The molecule has 0 unspecified atom stereocenters. The van der Waals surface area contributed by atoms with Crippen LogP contribution in [0.5, 0.6) is 0 Å². The van der Waals surface area contributed by atoms with E-state index in [1.54, 1.807) is 25.2 Å². The largest absolute Gasteiger partial charge is 0.387 e. The van der Waals surface area contributed by atoms with Gasteiger partial charge in [0.15, 0.2) is 0 Å². The molecule has 100 valence electrons. The minimum atomic E-state index is -0.167. The summed E-state index contributed by atoms with van der Waals surface area (Å²) in [7, 11) is 1.77. The Balaban J connectivity index is 2.09. The molecule has 0 bridgehead atoms. The lowest BCUT2D eigenvalue weighted by Crippen LogP contribution is -2.23. The van der Waals surface area contributed by atoms with Gasteiger partial charge in [-0.15, -0.1) is 11.3 Å². The van der Waals surface area contributed by atoms with Crippen LogP contribution in [0.3, 0.4) is 0 Å². The average Bonchev–Trinajstić information content (AvgIpc) is 2.81. The van der Waals surface area contributed by atoms with Crippen LogP contribution in [0, 0.1) is 6.92 Å². The van der Waals surface area contributed by atoms with Gasteiger partial charge in [-0.05, 0) is 25.1 Å². The smallest absolute Gasteiger partial charge is 0.253 e. The molecule has 0 saturated heterocycles. The molecule has 6 heteroatoms. The molecular weight excluding hydrogens is 282 g/mol. The van der Waals surface area contributed by atoms with E-state index < -0.39 is 0 Å². The van der Waals surface area contributed by atoms with Crippen molar-refractivity contribution in [3.63, 3.8) is 0 Å². The lowest BCUT2D eigenvalue weighted by Gasteiger charge is -2.09. The summed E-state index contributed by atoms with van der Waals surface area (Å²) in [6, 6.07) is 5.18. The minimum absolute atomic E-state index is 0.167. The molecule has 2 rings (SSSR count). The molecule has 2 N–H and O–H groups in total. The number of aromatic nitrogens is 1. The molecule has 4 nitrogen and oxygen atoms in total. The second-order valence-corrected chi connectivity index (χ2v) is 5.38. The normalized spacial score (nSPS) is 10.3. The van der Waals surface area contributed by atoms with Crippen molar-refractivity contribution in [1.29, 1.82) is 0 Å². The van der Waals surface area contributed by atoms with E-state index in [-0.39, 0.29) is 5.91 Å². The van der Waals surface area contributed by atoms with Crippen molar-refractivity contribution in [1.82, 2.24) is 10.3 Å². The number of thiazole rings is 1. The second-order valence-electron chi connectivity index (χ2n) is 4.01. The van der Waals surface area contributed by atoms with Gasteiger partial charge in [0.05, 0.1) is 12.1 Å². The summed E-state index contributed by atoms with van der Waals surface area (Å²) in [6.07, 6.45) is 0. The van der Waals surface area contributed by atoms with E-state index in [0.29, 0.717) is 17.1 Å². The third kappa shape index (κ3) is 3.45. The zero-order valence-electron chi connectivity index (χ0n) is 10.7. The van der Waals surface area contributed by atoms with Gasteiger partial charge < -0.3 is 10.6 Å². The highest BCUT2D eigenvalue weighted by molar-refractivity contribution is 7.09. The fourth-order valence-corrected chi connectivity index (χ4v) is 2.54. The van der Waals surface area contributed by atoms with Crippen LogP contribution in [-0.4, -0.2) is 17.9 Å². The van der Waals surface area contributed by atoms with Crippen LogP contribution in [0.1, 0.15) is 21.1 Å². The second kappa shape index (κ2) is 6.04. The molecule has 0 aliphatic heterocycles. The molecule has 1 amide bonds. The fourth-order valence-electron chi connectivity index (χ4n) is 1.66. The first-order valence-corrected chi connectivity index (χ1v) is 7.02. The number of hydrogen-bond donors (Lipinski definition) is 2. The summed E-state index contributed by atoms with van der Waals surface area (Å²) < 4.78 is 0. The predicted molar refractivity (Wildman–Crippen MR) is 79.0 cm³/mol. The molecule has 0 saturated carbocycles. The number of carbonyl (C=O) groups is 1. The van der Waals surface area contributed by atoms with Gasteiger partial charge in [-0.2, -0.15) is 0 Å². The standard InChI is InChI=1S/C13H14ClN3OS/c1-8-7-19-12(17-8)6-16-13(18)10-5-9(14)3-4-11(10)15-2/h3-5,7,15H,6H2,1-2H3,(H,16,18). The predicted octanol–water partition coefficient (Wildman–Crippen LogP) is 3.08. The maximum absolute atomic E-state index is 12.1. The number of hydrogen-bond acceptors (Lipinski definition) is 4. The SMILES string of the molecule is CNc1ccc(Cl)cc1C(=O)NCc1nc(C)cs1. The molecule has 0 radical (unpaired) electrons. The van der Waals surface area contributed by atoms with E-state index in [1.165, 1.54) is 11.3 Å². The zero-order valence-corrected chi connectivity index (χ0v) is 12.2. The number of rotatable bonds is 4. The summed E-state index contributed by atoms with van der Waals surface area (Å²) in [5.74, 6) is -0.167. The van der Waals surface area contributed by atoms with Crippen molar-refractivity contribution in [2.45, 2.75) is 13.5 Å². The van der Waals surface area contributed by atoms with E-state index in [0.717, 1.165) is 16.4 Å². The quantitative estimate of drug-likeness (QED) is 0.911. The summed E-state index contributed by atoms with van der Waals surface area (Å²) in [4.78, 5) is 16.4. The molecule has 0 spiro atoms. The Hall–Kier alpha value is -1.59. The monoisotopic (exact) mass is 295 g/mol. The van der Waals surface area contributed by atoms with E-state index in [2.05, 4.69) is 15.6 Å².